The van der Waals surface area contributed by atoms with E-state index in [1.807, 2.05) is 71.0 Å². The highest BCUT2D eigenvalue weighted by Gasteiger charge is 2.35. The van der Waals surface area contributed by atoms with E-state index in [0.29, 0.717) is 48.1 Å². The van der Waals surface area contributed by atoms with Crippen LogP contribution in [0.3, 0.4) is 0 Å². The summed E-state index contributed by atoms with van der Waals surface area (Å²) in [7, 11) is -3.68. The molecule has 1 aliphatic heterocycles. The summed E-state index contributed by atoms with van der Waals surface area (Å²) < 4.78 is 33.7. The third-order valence-corrected chi connectivity index (χ3v) is 8.69. The van der Waals surface area contributed by atoms with Gasteiger partial charge in [-0.15, -0.1) is 0 Å². The number of amides is 1. The Kier molecular flexibility index (Phi) is 7.61. The first-order valence-corrected chi connectivity index (χ1v) is 13.8. The predicted octanol–water partition coefficient (Wildman–Crippen LogP) is 4.75. The minimum atomic E-state index is -3.68. The minimum absolute atomic E-state index is 0.167. The van der Waals surface area contributed by atoms with Crippen LogP contribution in [0.4, 0.5) is 5.69 Å². The Balaban J connectivity index is 1.40. The monoisotopic (exact) mass is 510 g/mol. The van der Waals surface area contributed by atoms with Crippen LogP contribution in [0.25, 0.3) is 0 Å². The van der Waals surface area contributed by atoms with E-state index in [4.69, 9.17) is 4.52 Å². The van der Waals surface area contributed by atoms with Gasteiger partial charge in [0.2, 0.25) is 21.8 Å². The molecule has 2 heterocycles. The number of nitrogens with one attached hydrogen (secondary N) is 1. The summed E-state index contributed by atoms with van der Waals surface area (Å²) in [5, 5.41) is 6.97. The molecular weight excluding hydrogens is 476 g/mol. The molecule has 0 aliphatic carbocycles. The van der Waals surface area contributed by atoms with Crippen molar-refractivity contribution in [2.24, 2.45) is 5.92 Å². The third kappa shape index (κ3) is 5.68. The number of nitrogens with zero attached hydrogens (tertiary/aromatic N) is 3. The van der Waals surface area contributed by atoms with Crippen molar-refractivity contribution < 1.29 is 17.7 Å². The molecule has 36 heavy (non-hydrogen) atoms. The normalized spacial score (nSPS) is 16.9. The van der Waals surface area contributed by atoms with Gasteiger partial charge in [0.05, 0.1) is 10.8 Å². The fourth-order valence-corrected chi connectivity index (χ4v) is 6.72. The van der Waals surface area contributed by atoms with Gasteiger partial charge in [-0.05, 0) is 62.4 Å². The summed E-state index contributed by atoms with van der Waals surface area (Å²) in [5.41, 5.74) is 4.18. The van der Waals surface area contributed by atoms with Crippen LogP contribution in [0.1, 0.15) is 66.6 Å². The Morgan fingerprint density at radius 3 is 2.42 bits per heavy atom. The van der Waals surface area contributed by atoms with Gasteiger partial charge in [0.25, 0.3) is 0 Å². The smallest absolute Gasteiger partial charge is 0.243 e. The Bertz CT molecular complexity index is 1320. The van der Waals surface area contributed by atoms with Crippen LogP contribution in [0, 0.1) is 26.7 Å². The number of anilines is 1. The van der Waals surface area contributed by atoms with Gasteiger partial charge in [-0.3, -0.25) is 4.79 Å². The lowest BCUT2D eigenvalue weighted by atomic mass is 9.98. The van der Waals surface area contributed by atoms with Crippen LogP contribution >= 0.6 is 0 Å². The van der Waals surface area contributed by atoms with E-state index in [2.05, 4.69) is 15.5 Å². The molecule has 8 nitrogen and oxygen atoms in total. The Labute approximate surface area is 213 Å². The molecule has 1 amide bonds. The van der Waals surface area contributed by atoms with E-state index >= 15 is 0 Å². The van der Waals surface area contributed by atoms with Crippen LogP contribution in [-0.4, -0.2) is 41.9 Å². The van der Waals surface area contributed by atoms with Gasteiger partial charge >= 0.3 is 0 Å². The highest BCUT2D eigenvalue weighted by Crippen LogP contribution is 2.29. The van der Waals surface area contributed by atoms with E-state index in [0.717, 1.165) is 22.3 Å². The molecule has 0 unspecified atom stereocenters. The lowest BCUT2D eigenvalue weighted by molar-refractivity contribution is -0.120. The molecule has 1 atom stereocenters. The van der Waals surface area contributed by atoms with Crippen molar-refractivity contribution in [2.45, 2.75) is 64.7 Å². The highest BCUT2D eigenvalue weighted by atomic mass is 32.2. The van der Waals surface area contributed by atoms with E-state index in [9.17, 15) is 13.2 Å². The van der Waals surface area contributed by atoms with Crippen LogP contribution in [0.15, 0.2) is 45.8 Å². The van der Waals surface area contributed by atoms with Crippen LogP contribution in [0.2, 0.25) is 0 Å². The van der Waals surface area contributed by atoms with Gasteiger partial charge in [-0.25, -0.2) is 8.42 Å². The lowest BCUT2D eigenvalue weighted by Crippen LogP contribution is -2.44. The molecule has 1 aliphatic rings. The summed E-state index contributed by atoms with van der Waals surface area (Å²) in [6.07, 6.45) is 1.83. The minimum Gasteiger partial charge on any atom is -0.339 e. The van der Waals surface area contributed by atoms with E-state index in [1.54, 1.807) is 0 Å². The van der Waals surface area contributed by atoms with Crippen molar-refractivity contribution in [3.8, 4) is 0 Å². The number of sulfonamides is 1. The van der Waals surface area contributed by atoms with Crippen molar-refractivity contribution in [1.29, 1.82) is 0 Å². The summed E-state index contributed by atoms with van der Waals surface area (Å²) >= 11 is 0. The van der Waals surface area contributed by atoms with Gasteiger partial charge < -0.3 is 9.84 Å². The number of hydrogen-bond donors (Lipinski definition) is 1. The molecule has 1 saturated heterocycles. The molecule has 9 heteroatoms. The molecule has 192 valence electrons. The summed E-state index contributed by atoms with van der Waals surface area (Å²) in [4.78, 5) is 17.8. The quantitative estimate of drug-likeness (QED) is 0.492. The molecule has 3 aromatic rings. The fourth-order valence-electron chi connectivity index (χ4n) is 4.78. The average molecular weight is 511 g/mol. The largest absolute Gasteiger partial charge is 0.339 e. The standard InChI is InChI=1S/C27H34N4O4S/c1-17(2)27-29-24(30-35-27)15-21-8-10-23(11-9-21)28-26(32)22-7-6-12-31(16-22)36(33,34)25-19(4)13-18(3)14-20(25)5/h8-11,13-14,17,22H,6-7,12,15-16H2,1-5H3,(H,28,32)/t22-/m0/s1. The van der Waals surface area contributed by atoms with Gasteiger partial charge in [-0.2, -0.15) is 9.29 Å². The van der Waals surface area contributed by atoms with Crippen LogP contribution < -0.4 is 5.32 Å². The van der Waals surface area contributed by atoms with Crippen molar-refractivity contribution in [1.82, 2.24) is 14.4 Å². The third-order valence-electron chi connectivity index (χ3n) is 6.52. The second-order valence-corrected chi connectivity index (χ2v) is 11.9. The van der Waals surface area contributed by atoms with E-state index in [1.165, 1.54) is 4.31 Å². The second-order valence-electron chi connectivity index (χ2n) is 10.00. The van der Waals surface area contributed by atoms with Crippen molar-refractivity contribution >= 4 is 21.6 Å². The van der Waals surface area contributed by atoms with Crippen molar-refractivity contribution in [3.05, 3.63) is 70.4 Å². The molecule has 0 bridgehead atoms. The van der Waals surface area contributed by atoms with Gasteiger partial charge in [0.15, 0.2) is 5.82 Å². The number of benzene rings is 2. The number of piperidine rings is 1. The number of aromatic nitrogens is 2. The van der Waals surface area contributed by atoms with Crippen molar-refractivity contribution in [3.63, 3.8) is 0 Å². The van der Waals surface area contributed by atoms with Gasteiger partial charge in [0, 0.05) is 31.1 Å². The van der Waals surface area contributed by atoms with Crippen LogP contribution in [0.5, 0.6) is 0 Å². The van der Waals surface area contributed by atoms with Crippen molar-refractivity contribution in [2.75, 3.05) is 18.4 Å². The zero-order chi connectivity index (χ0) is 26.0. The predicted molar refractivity (Wildman–Crippen MR) is 138 cm³/mol. The molecule has 1 aromatic heterocycles. The van der Waals surface area contributed by atoms with E-state index < -0.39 is 15.9 Å². The highest BCUT2D eigenvalue weighted by molar-refractivity contribution is 7.89. The van der Waals surface area contributed by atoms with Gasteiger partial charge in [0.1, 0.15) is 0 Å². The molecule has 1 fully saturated rings. The zero-order valence-electron chi connectivity index (χ0n) is 21.5. The Morgan fingerprint density at radius 2 is 1.81 bits per heavy atom. The molecular formula is C27H34N4O4S. The Morgan fingerprint density at radius 1 is 1.14 bits per heavy atom. The summed E-state index contributed by atoms with van der Waals surface area (Å²) in [5.74, 6) is 0.843. The fraction of sp³-hybridized carbons (Fsp3) is 0.444. The average Bonchev–Trinajstić information content (AvgIpc) is 3.28. The molecule has 0 radical (unpaired) electrons. The lowest BCUT2D eigenvalue weighted by Gasteiger charge is -2.32. The maximum absolute atomic E-state index is 13.5. The maximum atomic E-state index is 13.5. The summed E-state index contributed by atoms with van der Waals surface area (Å²) in [6.45, 7) is 10.2. The topological polar surface area (TPSA) is 105 Å². The number of carbonyl (C=O) groups excluding carboxylic acids is 1. The SMILES string of the molecule is Cc1cc(C)c(S(=O)(=O)N2CCC[C@H](C(=O)Nc3ccc(Cc4noc(C(C)C)n4)cc3)C2)c(C)c1. The number of hydrogen-bond acceptors (Lipinski definition) is 6. The number of rotatable bonds is 7. The first kappa shape index (κ1) is 26.0. The number of aryl methyl sites for hydroxylation is 3. The number of carbonyl (C=O) groups is 1. The Hall–Kier alpha value is -3.04. The molecule has 1 N–H and O–H groups in total. The zero-order valence-corrected chi connectivity index (χ0v) is 22.4. The van der Waals surface area contributed by atoms with E-state index in [-0.39, 0.29) is 18.4 Å². The molecule has 2 aromatic carbocycles. The first-order valence-electron chi connectivity index (χ1n) is 12.3. The summed E-state index contributed by atoms with van der Waals surface area (Å²) in [6, 6.07) is 11.3. The van der Waals surface area contributed by atoms with Crippen LogP contribution in [-0.2, 0) is 21.2 Å². The molecule has 0 saturated carbocycles. The maximum Gasteiger partial charge on any atom is 0.243 e. The molecule has 4 rings (SSSR count). The first-order chi connectivity index (χ1) is 17.0. The van der Waals surface area contributed by atoms with Gasteiger partial charge in [-0.1, -0.05) is 48.8 Å². The molecule has 0 spiro atoms. The second kappa shape index (κ2) is 10.5.